The maximum Gasteiger partial charge on any atom is 0.273 e. The largest absolute Gasteiger partial charge is 0.320 e. The van der Waals surface area contributed by atoms with Crippen molar-refractivity contribution in [3.8, 4) is 0 Å². The van der Waals surface area contributed by atoms with Gasteiger partial charge in [-0.1, -0.05) is 24.3 Å². The van der Waals surface area contributed by atoms with Gasteiger partial charge in [0, 0.05) is 34.4 Å². The van der Waals surface area contributed by atoms with Crippen molar-refractivity contribution in [3.63, 3.8) is 0 Å². The highest BCUT2D eigenvalue weighted by Gasteiger charge is 2.18. The molecule has 1 amide bonds. The van der Waals surface area contributed by atoms with Gasteiger partial charge in [0.05, 0.1) is 22.6 Å². The van der Waals surface area contributed by atoms with Crippen molar-refractivity contribution in [2.24, 2.45) is 0 Å². The number of hydrogen-bond donors (Lipinski definition) is 2. The lowest BCUT2D eigenvalue weighted by molar-refractivity contribution is 0.101. The lowest BCUT2D eigenvalue weighted by Gasteiger charge is -2.13. The summed E-state index contributed by atoms with van der Waals surface area (Å²) in [6.07, 6.45) is 5.53. The Balaban J connectivity index is 1.38. The quantitative estimate of drug-likeness (QED) is 0.264. The first-order valence-corrected chi connectivity index (χ1v) is 12.4. The lowest BCUT2D eigenvalue weighted by atomic mass is 9.99. The number of hydrogen-bond acceptors (Lipinski definition) is 5. The number of rotatable bonds is 7. The first-order valence-electron chi connectivity index (χ1n) is 12.4. The van der Waals surface area contributed by atoms with Gasteiger partial charge in [0.15, 0.2) is 5.78 Å². The van der Waals surface area contributed by atoms with Gasteiger partial charge in [-0.15, -0.1) is 0 Å². The highest BCUT2D eigenvalue weighted by Crippen LogP contribution is 2.24. The van der Waals surface area contributed by atoms with Crippen LogP contribution in [0.25, 0.3) is 23.1 Å². The van der Waals surface area contributed by atoms with Crippen LogP contribution in [0.4, 0.5) is 5.69 Å². The summed E-state index contributed by atoms with van der Waals surface area (Å²) in [6.45, 7) is 7.70. The number of aromatic nitrogens is 5. The molecule has 3 aromatic heterocycles. The number of carbonyl (C=O) groups excluding carboxylic acids is 2. The van der Waals surface area contributed by atoms with E-state index in [2.05, 4.69) is 25.6 Å². The molecule has 0 aliphatic heterocycles. The number of nitrogens with one attached hydrogen (secondary N) is 2. The summed E-state index contributed by atoms with van der Waals surface area (Å²) in [6, 6.07) is 18.3. The smallest absolute Gasteiger partial charge is 0.273 e. The van der Waals surface area contributed by atoms with Gasteiger partial charge in [0.2, 0.25) is 0 Å². The summed E-state index contributed by atoms with van der Waals surface area (Å²) >= 11 is 0. The number of H-pyrrole nitrogens is 1. The van der Waals surface area contributed by atoms with Crippen LogP contribution in [0.5, 0.6) is 0 Å². The highest BCUT2D eigenvalue weighted by atomic mass is 16.2. The van der Waals surface area contributed by atoms with Crippen molar-refractivity contribution < 1.29 is 9.59 Å². The van der Waals surface area contributed by atoms with E-state index in [9.17, 15) is 9.59 Å². The zero-order valence-electron chi connectivity index (χ0n) is 21.7. The summed E-state index contributed by atoms with van der Waals surface area (Å²) in [5, 5.41) is 15.7. The maximum absolute atomic E-state index is 13.4. The third kappa shape index (κ3) is 5.01. The number of pyridine rings is 1. The SMILES string of the molecule is Cc1cc(C(=O)Nc2cc(C(=O)c3ccc4c(/C=C/c5ccccn5)n[nH]c4c3)ccc2C)n(C(C)C)n1. The molecule has 8 heteroatoms. The summed E-state index contributed by atoms with van der Waals surface area (Å²) in [5.41, 5.74) is 6.05. The Bertz CT molecular complexity index is 1680. The van der Waals surface area contributed by atoms with Crippen LogP contribution in [0.3, 0.4) is 0 Å². The zero-order valence-corrected chi connectivity index (χ0v) is 21.7. The normalized spacial score (nSPS) is 11.5. The van der Waals surface area contributed by atoms with Crippen LogP contribution in [-0.2, 0) is 0 Å². The van der Waals surface area contributed by atoms with Crippen LogP contribution in [-0.4, -0.2) is 36.7 Å². The van der Waals surface area contributed by atoms with Gasteiger partial charge in [-0.25, -0.2) is 0 Å². The molecule has 0 atom stereocenters. The Hall–Kier alpha value is -4.85. The van der Waals surface area contributed by atoms with E-state index in [4.69, 9.17) is 0 Å². The van der Waals surface area contributed by atoms with Crippen LogP contribution < -0.4 is 5.32 Å². The molecule has 190 valence electrons. The molecule has 0 unspecified atom stereocenters. The maximum atomic E-state index is 13.4. The molecule has 0 bridgehead atoms. The standard InChI is InChI=1S/C30H28N6O2/c1-18(2)36-28(15-20(4)35-36)30(38)32-26-16-21(9-8-19(26)3)29(37)22-10-12-24-25(33-34-27(24)17-22)13-11-23-7-5-6-14-31-23/h5-18H,1-4H3,(H,32,38)(H,33,34)/b13-11+. The van der Waals surface area contributed by atoms with Gasteiger partial charge < -0.3 is 5.32 Å². The molecule has 38 heavy (non-hydrogen) atoms. The predicted octanol–water partition coefficient (Wildman–Crippen LogP) is 6.01. The summed E-state index contributed by atoms with van der Waals surface area (Å²) in [7, 11) is 0. The third-order valence-electron chi connectivity index (χ3n) is 6.28. The molecule has 0 aliphatic carbocycles. The minimum Gasteiger partial charge on any atom is -0.320 e. The molecule has 0 spiro atoms. The average molecular weight is 505 g/mol. The molecule has 3 heterocycles. The number of aromatic amines is 1. The van der Waals surface area contributed by atoms with Crippen molar-refractivity contribution in [3.05, 3.63) is 106 Å². The lowest BCUT2D eigenvalue weighted by Crippen LogP contribution is -2.19. The van der Waals surface area contributed by atoms with E-state index in [0.717, 1.165) is 33.5 Å². The number of nitrogens with zero attached hydrogens (tertiary/aromatic N) is 4. The van der Waals surface area contributed by atoms with Gasteiger partial charge in [0.1, 0.15) is 5.69 Å². The molecule has 8 nitrogen and oxygen atoms in total. The minimum atomic E-state index is -0.267. The Morgan fingerprint density at radius 2 is 1.76 bits per heavy atom. The number of amides is 1. The van der Waals surface area contributed by atoms with Gasteiger partial charge in [-0.05, 0) is 81.8 Å². The number of fused-ring (bicyclic) bond motifs is 1. The van der Waals surface area contributed by atoms with E-state index < -0.39 is 0 Å². The fraction of sp³-hybridized carbons (Fsp3) is 0.167. The fourth-order valence-corrected chi connectivity index (χ4v) is 4.28. The third-order valence-corrected chi connectivity index (χ3v) is 6.28. The Morgan fingerprint density at radius 3 is 2.53 bits per heavy atom. The predicted molar refractivity (Wildman–Crippen MR) is 149 cm³/mol. The molecule has 0 fully saturated rings. The first-order chi connectivity index (χ1) is 18.3. The molecule has 5 aromatic rings. The molecule has 2 N–H and O–H groups in total. The Morgan fingerprint density at radius 1 is 0.974 bits per heavy atom. The van der Waals surface area contributed by atoms with Gasteiger partial charge in [-0.2, -0.15) is 10.2 Å². The van der Waals surface area contributed by atoms with Crippen LogP contribution >= 0.6 is 0 Å². The van der Waals surface area contributed by atoms with Crippen LogP contribution in [0.15, 0.2) is 66.9 Å². The molecule has 0 saturated heterocycles. The number of anilines is 1. The van der Waals surface area contributed by atoms with Gasteiger partial charge in [0.25, 0.3) is 5.91 Å². The van der Waals surface area contributed by atoms with E-state index in [0.29, 0.717) is 22.5 Å². The number of aryl methyl sites for hydroxylation is 2. The van der Waals surface area contributed by atoms with Crippen LogP contribution in [0, 0.1) is 13.8 Å². The van der Waals surface area contributed by atoms with Gasteiger partial charge >= 0.3 is 0 Å². The van der Waals surface area contributed by atoms with Crippen molar-refractivity contribution in [2.45, 2.75) is 33.7 Å². The van der Waals surface area contributed by atoms with E-state index >= 15 is 0 Å². The summed E-state index contributed by atoms with van der Waals surface area (Å²) < 4.78 is 1.70. The molecule has 0 saturated carbocycles. The Labute approximate surface area is 220 Å². The Kier molecular flexibility index (Phi) is 6.70. The molecule has 0 radical (unpaired) electrons. The summed E-state index contributed by atoms with van der Waals surface area (Å²) in [4.78, 5) is 30.8. The monoisotopic (exact) mass is 504 g/mol. The number of ketones is 1. The van der Waals surface area contributed by atoms with Crippen molar-refractivity contribution >= 4 is 40.4 Å². The average Bonchev–Trinajstić information content (AvgIpc) is 3.52. The molecule has 5 rings (SSSR count). The van der Waals surface area contributed by atoms with E-state index in [1.807, 2.05) is 70.2 Å². The topological polar surface area (TPSA) is 106 Å². The van der Waals surface area contributed by atoms with Crippen molar-refractivity contribution in [2.75, 3.05) is 5.32 Å². The van der Waals surface area contributed by atoms with E-state index in [1.54, 1.807) is 41.2 Å². The molecule has 2 aromatic carbocycles. The van der Waals surface area contributed by atoms with Gasteiger partial charge in [-0.3, -0.25) is 24.4 Å². The fourth-order valence-electron chi connectivity index (χ4n) is 4.28. The van der Waals surface area contributed by atoms with E-state index in [-0.39, 0.29) is 17.7 Å². The molecular formula is C30H28N6O2. The highest BCUT2D eigenvalue weighted by molar-refractivity contribution is 6.12. The minimum absolute atomic E-state index is 0.0434. The second-order valence-electron chi connectivity index (χ2n) is 9.48. The second-order valence-corrected chi connectivity index (χ2v) is 9.48. The number of benzene rings is 2. The number of carbonyl (C=O) groups is 2. The zero-order chi connectivity index (χ0) is 26.8. The van der Waals surface area contributed by atoms with Crippen molar-refractivity contribution in [1.82, 2.24) is 25.0 Å². The molecule has 0 aliphatic rings. The van der Waals surface area contributed by atoms with Crippen LogP contribution in [0.1, 0.15) is 68.9 Å². The second kappa shape index (κ2) is 10.3. The van der Waals surface area contributed by atoms with Crippen LogP contribution in [0.2, 0.25) is 0 Å². The summed E-state index contributed by atoms with van der Waals surface area (Å²) in [5.74, 6) is -0.414. The first kappa shape index (κ1) is 24.8. The van der Waals surface area contributed by atoms with Crippen molar-refractivity contribution in [1.29, 1.82) is 0 Å². The van der Waals surface area contributed by atoms with E-state index in [1.165, 1.54) is 0 Å². The molecular weight excluding hydrogens is 476 g/mol.